The lowest BCUT2D eigenvalue weighted by Crippen LogP contribution is -2.08. The zero-order valence-corrected chi connectivity index (χ0v) is 17.5. The number of nitrogens with zero attached hydrogens (tertiary/aromatic N) is 4. The summed E-state index contributed by atoms with van der Waals surface area (Å²) in [7, 11) is 0. The fourth-order valence-electron chi connectivity index (χ4n) is 2.98. The molecule has 0 unspecified atom stereocenters. The maximum absolute atomic E-state index is 6.07. The highest BCUT2D eigenvalue weighted by atomic mass is 35.5. The lowest BCUT2D eigenvalue weighted by molar-refractivity contribution is 0.915. The molecule has 0 fully saturated rings. The first-order valence-electron chi connectivity index (χ1n) is 9.24. The fraction of sp³-hybridized carbons (Fsp3) is 0.136. The average Bonchev–Trinajstić information content (AvgIpc) is 3.16. The number of anilines is 1. The lowest BCUT2D eigenvalue weighted by atomic mass is 10.1. The van der Waals surface area contributed by atoms with Crippen LogP contribution in [0, 0.1) is 0 Å². The number of halogens is 1. The van der Waals surface area contributed by atoms with Gasteiger partial charge in [0.2, 0.25) is 0 Å². The molecule has 0 saturated heterocycles. The molecule has 0 aliphatic heterocycles. The Hall–Kier alpha value is -2.83. The summed E-state index contributed by atoms with van der Waals surface area (Å²) >= 11 is 7.59. The molecule has 4 aromatic rings. The highest BCUT2D eigenvalue weighted by molar-refractivity contribution is 7.98. The van der Waals surface area contributed by atoms with Gasteiger partial charge in [-0.05, 0) is 42.0 Å². The van der Waals surface area contributed by atoms with Crippen LogP contribution in [0.5, 0.6) is 0 Å². The Bertz CT molecular complexity index is 1140. The smallest absolute Gasteiger partial charge is 0.191 e. The minimum atomic E-state index is 0.706. The Morgan fingerprint density at radius 1 is 1.10 bits per heavy atom. The van der Waals surface area contributed by atoms with E-state index in [1.807, 2.05) is 67.1 Å². The van der Waals surface area contributed by atoms with Crippen LogP contribution in [0.4, 0.5) is 5.82 Å². The zero-order valence-electron chi connectivity index (χ0n) is 15.9. The number of fused-ring (bicyclic) bond motifs is 1. The van der Waals surface area contributed by atoms with E-state index < -0.39 is 0 Å². The van der Waals surface area contributed by atoms with E-state index >= 15 is 0 Å². The summed E-state index contributed by atoms with van der Waals surface area (Å²) in [6, 6.07) is 18.0. The summed E-state index contributed by atoms with van der Waals surface area (Å²) in [5, 5.41) is 10.3. The zero-order chi connectivity index (χ0) is 20.1. The summed E-state index contributed by atoms with van der Waals surface area (Å²) in [6.07, 6.45) is 8.56. The SMILES string of the molecule is CSc1nc(NCCc2cccc(Cl)c2)c2cnn(/C=C/c3ccccc3)c2n1. The van der Waals surface area contributed by atoms with E-state index in [9.17, 15) is 0 Å². The first kappa shape index (κ1) is 19.5. The molecule has 5 nitrogen and oxygen atoms in total. The van der Waals surface area contributed by atoms with Crippen LogP contribution in [0.3, 0.4) is 0 Å². The maximum Gasteiger partial charge on any atom is 0.191 e. The number of rotatable bonds is 7. The van der Waals surface area contributed by atoms with Crippen LogP contribution in [0.25, 0.3) is 23.3 Å². The molecule has 0 saturated carbocycles. The van der Waals surface area contributed by atoms with E-state index in [1.165, 1.54) is 17.3 Å². The number of benzene rings is 2. The van der Waals surface area contributed by atoms with Gasteiger partial charge in [-0.1, -0.05) is 65.8 Å². The van der Waals surface area contributed by atoms with Crippen LogP contribution in [0.2, 0.25) is 5.02 Å². The number of hydrogen-bond donors (Lipinski definition) is 1. The molecule has 7 heteroatoms. The van der Waals surface area contributed by atoms with E-state index in [0.29, 0.717) is 5.16 Å². The Balaban J connectivity index is 1.57. The summed E-state index contributed by atoms with van der Waals surface area (Å²) in [6.45, 7) is 0.741. The quantitative estimate of drug-likeness (QED) is 0.316. The first-order valence-corrected chi connectivity index (χ1v) is 10.8. The Labute approximate surface area is 178 Å². The van der Waals surface area contributed by atoms with Crippen molar-refractivity contribution in [1.29, 1.82) is 0 Å². The third-order valence-electron chi connectivity index (χ3n) is 4.42. The van der Waals surface area contributed by atoms with Crippen molar-refractivity contribution in [2.75, 3.05) is 18.1 Å². The van der Waals surface area contributed by atoms with Gasteiger partial charge in [0.15, 0.2) is 10.8 Å². The number of aromatic nitrogens is 4. The van der Waals surface area contributed by atoms with Crippen molar-refractivity contribution >= 4 is 52.5 Å². The molecule has 2 aromatic carbocycles. The normalized spacial score (nSPS) is 11.4. The van der Waals surface area contributed by atoms with Gasteiger partial charge in [0, 0.05) is 17.8 Å². The minimum absolute atomic E-state index is 0.706. The van der Waals surface area contributed by atoms with E-state index in [1.54, 1.807) is 10.9 Å². The van der Waals surface area contributed by atoms with Crippen LogP contribution in [-0.4, -0.2) is 32.5 Å². The molecule has 2 aromatic heterocycles. The molecule has 0 aliphatic carbocycles. The topological polar surface area (TPSA) is 55.6 Å². The van der Waals surface area contributed by atoms with Crippen molar-refractivity contribution in [3.8, 4) is 0 Å². The van der Waals surface area contributed by atoms with Crippen LogP contribution >= 0.6 is 23.4 Å². The van der Waals surface area contributed by atoms with E-state index in [4.69, 9.17) is 11.6 Å². The van der Waals surface area contributed by atoms with Crippen molar-refractivity contribution in [2.45, 2.75) is 11.6 Å². The van der Waals surface area contributed by atoms with E-state index in [2.05, 4.69) is 26.4 Å². The molecule has 2 heterocycles. The molecule has 0 amide bonds. The molecule has 146 valence electrons. The second-order valence-corrected chi connectivity index (χ2v) is 7.63. The van der Waals surface area contributed by atoms with Gasteiger partial charge in [0.25, 0.3) is 0 Å². The largest absolute Gasteiger partial charge is 0.369 e. The van der Waals surface area contributed by atoms with Crippen LogP contribution in [-0.2, 0) is 6.42 Å². The molecule has 0 spiro atoms. The number of hydrogen-bond acceptors (Lipinski definition) is 5. The van der Waals surface area contributed by atoms with Gasteiger partial charge in [0.1, 0.15) is 5.82 Å². The minimum Gasteiger partial charge on any atom is -0.369 e. The molecule has 0 bridgehead atoms. The Kier molecular flexibility index (Phi) is 6.12. The Morgan fingerprint density at radius 3 is 2.76 bits per heavy atom. The van der Waals surface area contributed by atoms with Gasteiger partial charge in [-0.15, -0.1) is 0 Å². The average molecular weight is 422 g/mol. The third-order valence-corrected chi connectivity index (χ3v) is 5.20. The van der Waals surface area contributed by atoms with Gasteiger partial charge in [-0.25, -0.2) is 14.6 Å². The molecular weight excluding hydrogens is 402 g/mol. The standard InChI is InChI=1S/C22H20ClN5S/c1-29-22-26-20(24-12-10-17-8-5-9-18(23)14-17)19-15-25-28(21(19)27-22)13-11-16-6-3-2-4-7-16/h2-9,11,13-15H,10,12H2,1H3,(H,24,26,27)/b13-11+. The summed E-state index contributed by atoms with van der Waals surface area (Å²) in [5.41, 5.74) is 3.07. The first-order chi connectivity index (χ1) is 14.2. The third kappa shape index (κ3) is 4.78. The van der Waals surface area contributed by atoms with Crippen molar-refractivity contribution in [3.05, 3.63) is 76.9 Å². The van der Waals surface area contributed by atoms with Gasteiger partial charge in [0.05, 0.1) is 11.6 Å². The van der Waals surface area contributed by atoms with Crippen molar-refractivity contribution in [3.63, 3.8) is 0 Å². The summed E-state index contributed by atoms with van der Waals surface area (Å²) in [5.74, 6) is 0.792. The molecule has 4 rings (SSSR count). The monoisotopic (exact) mass is 421 g/mol. The van der Waals surface area contributed by atoms with E-state index in [0.717, 1.165) is 40.4 Å². The second kappa shape index (κ2) is 9.11. The number of nitrogens with one attached hydrogen (secondary N) is 1. The summed E-state index contributed by atoms with van der Waals surface area (Å²) < 4.78 is 1.78. The van der Waals surface area contributed by atoms with Crippen molar-refractivity contribution in [1.82, 2.24) is 19.7 Å². The van der Waals surface area contributed by atoms with Gasteiger partial charge >= 0.3 is 0 Å². The maximum atomic E-state index is 6.07. The van der Waals surface area contributed by atoms with Gasteiger partial charge in [-0.3, -0.25) is 0 Å². The lowest BCUT2D eigenvalue weighted by Gasteiger charge is -2.08. The van der Waals surface area contributed by atoms with Crippen molar-refractivity contribution < 1.29 is 0 Å². The fourth-order valence-corrected chi connectivity index (χ4v) is 3.55. The molecule has 0 radical (unpaired) electrons. The molecular formula is C22H20ClN5S. The molecule has 1 N–H and O–H groups in total. The van der Waals surface area contributed by atoms with Crippen LogP contribution in [0.15, 0.2) is 66.0 Å². The predicted octanol–water partition coefficient (Wildman–Crippen LogP) is 5.48. The summed E-state index contributed by atoms with van der Waals surface area (Å²) in [4.78, 5) is 9.29. The molecule has 29 heavy (non-hydrogen) atoms. The Morgan fingerprint density at radius 2 is 1.97 bits per heavy atom. The highest BCUT2D eigenvalue weighted by Gasteiger charge is 2.11. The van der Waals surface area contributed by atoms with Crippen molar-refractivity contribution in [2.24, 2.45) is 0 Å². The molecule has 0 atom stereocenters. The van der Waals surface area contributed by atoms with E-state index in [-0.39, 0.29) is 0 Å². The van der Waals surface area contributed by atoms with Gasteiger partial charge < -0.3 is 5.32 Å². The van der Waals surface area contributed by atoms with Gasteiger partial charge in [-0.2, -0.15) is 5.10 Å². The van der Waals surface area contributed by atoms with Crippen LogP contribution in [0.1, 0.15) is 11.1 Å². The highest BCUT2D eigenvalue weighted by Crippen LogP contribution is 2.24. The van der Waals surface area contributed by atoms with Crippen LogP contribution < -0.4 is 5.32 Å². The second-order valence-electron chi connectivity index (χ2n) is 6.42. The number of thioether (sulfide) groups is 1. The molecule has 0 aliphatic rings. The predicted molar refractivity (Wildman–Crippen MR) is 122 cm³/mol.